The minimum absolute atomic E-state index is 0.127. The Morgan fingerprint density at radius 2 is 1.83 bits per heavy atom. The SMILES string of the molecule is CCCC(C)C1(C)CCN(c2ccc(F)c3c(CC)cc(C(F)(F)F)nc23)CC1. The Morgan fingerprint density at radius 3 is 2.38 bits per heavy atom. The zero-order valence-corrected chi connectivity index (χ0v) is 17.7. The molecule has 2 heterocycles. The number of nitrogens with zero attached hydrogens (tertiary/aromatic N) is 2. The van der Waals surface area contributed by atoms with E-state index in [1.807, 2.05) is 0 Å². The Labute approximate surface area is 170 Å². The Balaban J connectivity index is 2.02. The van der Waals surface area contributed by atoms with Crippen molar-refractivity contribution in [1.82, 2.24) is 4.98 Å². The van der Waals surface area contributed by atoms with Gasteiger partial charge >= 0.3 is 6.18 Å². The summed E-state index contributed by atoms with van der Waals surface area (Å²) >= 11 is 0. The highest BCUT2D eigenvalue weighted by molar-refractivity contribution is 5.94. The molecule has 0 radical (unpaired) electrons. The van der Waals surface area contributed by atoms with Crippen LogP contribution >= 0.6 is 0 Å². The van der Waals surface area contributed by atoms with Gasteiger partial charge in [-0.1, -0.05) is 40.5 Å². The first-order valence-corrected chi connectivity index (χ1v) is 10.5. The van der Waals surface area contributed by atoms with Crippen molar-refractivity contribution in [2.75, 3.05) is 18.0 Å². The highest BCUT2D eigenvalue weighted by Crippen LogP contribution is 2.43. The van der Waals surface area contributed by atoms with Crippen LogP contribution in [0.1, 0.15) is 64.6 Å². The molecule has 3 rings (SSSR count). The van der Waals surface area contributed by atoms with E-state index >= 15 is 0 Å². The first-order valence-electron chi connectivity index (χ1n) is 10.5. The first-order chi connectivity index (χ1) is 13.6. The van der Waals surface area contributed by atoms with Crippen LogP contribution in [-0.4, -0.2) is 18.1 Å². The molecule has 1 aromatic heterocycles. The number of aromatic nitrogens is 1. The number of alkyl halides is 3. The molecule has 1 unspecified atom stereocenters. The maximum absolute atomic E-state index is 14.6. The highest BCUT2D eigenvalue weighted by Gasteiger charge is 2.36. The molecule has 0 amide bonds. The van der Waals surface area contributed by atoms with Gasteiger partial charge in [0.25, 0.3) is 0 Å². The number of fused-ring (bicyclic) bond motifs is 1. The Hall–Kier alpha value is -1.85. The summed E-state index contributed by atoms with van der Waals surface area (Å²) in [6, 6.07) is 3.93. The van der Waals surface area contributed by atoms with Crippen LogP contribution in [0.4, 0.5) is 23.2 Å². The molecular formula is C23H30F4N2. The van der Waals surface area contributed by atoms with Gasteiger partial charge in [-0.15, -0.1) is 0 Å². The fourth-order valence-electron chi connectivity index (χ4n) is 4.58. The molecule has 1 aliphatic rings. The van der Waals surface area contributed by atoms with Gasteiger partial charge in [0.2, 0.25) is 0 Å². The quantitative estimate of drug-likeness (QED) is 0.494. The van der Waals surface area contributed by atoms with Gasteiger partial charge in [-0.25, -0.2) is 9.37 Å². The van der Waals surface area contributed by atoms with E-state index in [1.165, 1.54) is 12.5 Å². The van der Waals surface area contributed by atoms with Gasteiger partial charge in [-0.3, -0.25) is 0 Å². The molecule has 160 valence electrons. The summed E-state index contributed by atoms with van der Waals surface area (Å²) in [6.45, 7) is 10.0. The average Bonchev–Trinajstić information content (AvgIpc) is 2.68. The van der Waals surface area contributed by atoms with Crippen LogP contribution in [0.25, 0.3) is 10.9 Å². The van der Waals surface area contributed by atoms with E-state index in [9.17, 15) is 17.6 Å². The van der Waals surface area contributed by atoms with Crippen molar-refractivity contribution in [3.05, 3.63) is 35.3 Å². The molecule has 0 bridgehead atoms. The lowest BCUT2D eigenvalue weighted by atomic mass is 9.69. The smallest absolute Gasteiger partial charge is 0.370 e. The normalized spacial score (nSPS) is 18.3. The summed E-state index contributed by atoms with van der Waals surface area (Å²) in [4.78, 5) is 5.96. The molecule has 6 heteroatoms. The third-order valence-corrected chi connectivity index (χ3v) is 6.80. The van der Waals surface area contributed by atoms with E-state index < -0.39 is 17.7 Å². The maximum Gasteiger partial charge on any atom is 0.433 e. The Morgan fingerprint density at radius 1 is 1.17 bits per heavy atom. The largest absolute Gasteiger partial charge is 0.433 e. The van der Waals surface area contributed by atoms with Crippen molar-refractivity contribution in [2.24, 2.45) is 11.3 Å². The number of hydrogen-bond acceptors (Lipinski definition) is 2. The van der Waals surface area contributed by atoms with Gasteiger partial charge in [0.15, 0.2) is 0 Å². The lowest BCUT2D eigenvalue weighted by Gasteiger charge is -2.44. The van der Waals surface area contributed by atoms with Gasteiger partial charge in [-0.05, 0) is 54.4 Å². The molecular weight excluding hydrogens is 380 g/mol. The number of aryl methyl sites for hydroxylation is 1. The van der Waals surface area contributed by atoms with Crippen molar-refractivity contribution in [1.29, 1.82) is 0 Å². The van der Waals surface area contributed by atoms with Crippen molar-refractivity contribution >= 4 is 16.6 Å². The molecule has 1 fully saturated rings. The van der Waals surface area contributed by atoms with Crippen LogP contribution in [0.5, 0.6) is 0 Å². The summed E-state index contributed by atoms with van der Waals surface area (Å²) in [5, 5.41) is 0.214. The predicted molar refractivity (Wildman–Crippen MR) is 110 cm³/mol. The maximum atomic E-state index is 14.6. The molecule has 0 aliphatic carbocycles. The number of anilines is 1. The second-order valence-corrected chi connectivity index (χ2v) is 8.64. The number of pyridine rings is 1. The third kappa shape index (κ3) is 4.22. The van der Waals surface area contributed by atoms with Crippen LogP contribution in [0, 0.1) is 17.2 Å². The summed E-state index contributed by atoms with van der Waals surface area (Å²) in [6.07, 6.45) is 0.00539. The molecule has 2 nitrogen and oxygen atoms in total. The molecule has 1 saturated heterocycles. The molecule has 1 aliphatic heterocycles. The van der Waals surface area contributed by atoms with E-state index in [0.717, 1.165) is 38.4 Å². The van der Waals surface area contributed by atoms with E-state index in [-0.39, 0.29) is 16.3 Å². The Bertz CT molecular complexity index is 867. The fraction of sp³-hybridized carbons (Fsp3) is 0.609. The standard InChI is InChI=1S/C23H30F4N2/c1-5-7-15(3)22(4)10-12-29(13-11-22)18-9-8-17(24)20-16(6-2)14-19(23(25,26)27)28-21(18)20/h8-9,14-15H,5-7,10-13H2,1-4H3. The summed E-state index contributed by atoms with van der Waals surface area (Å²) < 4.78 is 54.8. The molecule has 29 heavy (non-hydrogen) atoms. The van der Waals surface area contributed by atoms with Gasteiger partial charge in [0.05, 0.1) is 11.2 Å². The second-order valence-electron chi connectivity index (χ2n) is 8.64. The topological polar surface area (TPSA) is 16.1 Å². The highest BCUT2D eigenvalue weighted by atomic mass is 19.4. The summed E-state index contributed by atoms with van der Waals surface area (Å²) in [5.41, 5.74) is 0.350. The van der Waals surface area contributed by atoms with Crippen molar-refractivity contribution in [2.45, 2.75) is 66.0 Å². The van der Waals surface area contributed by atoms with E-state index in [4.69, 9.17) is 0 Å². The van der Waals surface area contributed by atoms with Gasteiger partial charge in [0.1, 0.15) is 11.5 Å². The number of hydrogen-bond donors (Lipinski definition) is 0. The predicted octanol–water partition coefficient (Wildman–Crippen LogP) is 7.00. The number of benzene rings is 1. The first kappa shape index (κ1) is 21.8. The average molecular weight is 410 g/mol. The molecule has 0 saturated carbocycles. The van der Waals surface area contributed by atoms with Gasteiger partial charge in [-0.2, -0.15) is 13.2 Å². The third-order valence-electron chi connectivity index (χ3n) is 6.80. The lowest BCUT2D eigenvalue weighted by Crippen LogP contribution is -2.42. The van der Waals surface area contributed by atoms with Crippen LogP contribution < -0.4 is 4.90 Å². The van der Waals surface area contributed by atoms with Crippen LogP contribution in [0.2, 0.25) is 0 Å². The van der Waals surface area contributed by atoms with Gasteiger partial charge < -0.3 is 4.90 Å². The van der Waals surface area contributed by atoms with Crippen molar-refractivity contribution < 1.29 is 17.6 Å². The van der Waals surface area contributed by atoms with Gasteiger partial charge in [0, 0.05) is 18.5 Å². The zero-order valence-electron chi connectivity index (χ0n) is 17.7. The van der Waals surface area contributed by atoms with E-state index in [2.05, 4.69) is 30.7 Å². The number of halogens is 4. The number of piperidine rings is 1. The summed E-state index contributed by atoms with van der Waals surface area (Å²) in [5.74, 6) is 0.0847. The van der Waals surface area contributed by atoms with E-state index in [1.54, 1.807) is 13.0 Å². The minimum atomic E-state index is -4.56. The van der Waals surface area contributed by atoms with Crippen LogP contribution in [0.15, 0.2) is 18.2 Å². The monoisotopic (exact) mass is 410 g/mol. The molecule has 0 spiro atoms. The minimum Gasteiger partial charge on any atom is -0.370 e. The van der Waals surface area contributed by atoms with E-state index in [0.29, 0.717) is 23.6 Å². The zero-order chi connectivity index (χ0) is 21.4. The molecule has 0 N–H and O–H groups in total. The Kier molecular flexibility index (Phi) is 6.11. The summed E-state index contributed by atoms with van der Waals surface area (Å²) in [7, 11) is 0. The molecule has 1 aromatic carbocycles. The molecule has 1 atom stereocenters. The van der Waals surface area contributed by atoms with Crippen LogP contribution in [0.3, 0.4) is 0 Å². The van der Waals surface area contributed by atoms with Crippen LogP contribution in [-0.2, 0) is 12.6 Å². The second kappa shape index (κ2) is 8.11. The van der Waals surface area contributed by atoms with Crippen molar-refractivity contribution in [3.63, 3.8) is 0 Å². The van der Waals surface area contributed by atoms with Crippen molar-refractivity contribution in [3.8, 4) is 0 Å². The lowest BCUT2D eigenvalue weighted by molar-refractivity contribution is -0.141. The number of rotatable bonds is 5. The molecule has 2 aromatic rings. The fourth-order valence-corrected chi connectivity index (χ4v) is 4.58.